The molecule has 0 fully saturated rings. The minimum Gasteiger partial charge on any atom is -0.323 e. The van der Waals surface area contributed by atoms with Crippen molar-refractivity contribution in [2.24, 2.45) is 0 Å². The molecule has 0 saturated carbocycles. The summed E-state index contributed by atoms with van der Waals surface area (Å²) in [5.41, 5.74) is 2.96. The molecular formula is C18H21FNO3P. The number of hydrogen-bond acceptors (Lipinski definition) is 2. The molecule has 3 N–H and O–H groups in total. The largest absolute Gasteiger partial charge is 0.346 e. The summed E-state index contributed by atoms with van der Waals surface area (Å²) in [6, 6.07) is 13.5. The van der Waals surface area contributed by atoms with Gasteiger partial charge in [0.1, 0.15) is 11.6 Å². The second kappa shape index (κ2) is 7.16. The van der Waals surface area contributed by atoms with E-state index in [4.69, 9.17) is 0 Å². The van der Waals surface area contributed by atoms with Crippen molar-refractivity contribution in [1.29, 1.82) is 0 Å². The van der Waals surface area contributed by atoms with Crippen LogP contribution in [-0.4, -0.2) is 16.3 Å². The van der Waals surface area contributed by atoms with Crippen molar-refractivity contribution < 1.29 is 18.7 Å². The van der Waals surface area contributed by atoms with Crippen LogP contribution in [0.2, 0.25) is 0 Å². The molecule has 2 aromatic rings. The van der Waals surface area contributed by atoms with E-state index in [0.717, 1.165) is 19.3 Å². The van der Waals surface area contributed by atoms with Gasteiger partial charge >= 0.3 is 7.60 Å². The molecule has 2 atom stereocenters. The van der Waals surface area contributed by atoms with Gasteiger partial charge in [0.05, 0.1) is 0 Å². The van der Waals surface area contributed by atoms with E-state index >= 15 is 0 Å². The first-order valence-corrected chi connectivity index (χ1v) is 9.75. The van der Waals surface area contributed by atoms with Gasteiger partial charge in [-0.15, -0.1) is 0 Å². The van der Waals surface area contributed by atoms with E-state index in [2.05, 4.69) is 17.4 Å². The van der Waals surface area contributed by atoms with Crippen molar-refractivity contribution in [1.82, 2.24) is 5.32 Å². The number of hydrogen-bond donors (Lipinski definition) is 3. The minimum absolute atomic E-state index is 0.226. The number of aryl methyl sites for hydroxylation is 1. The molecule has 0 amide bonds. The summed E-state index contributed by atoms with van der Waals surface area (Å²) in [4.78, 5) is 19.4. The highest BCUT2D eigenvalue weighted by Crippen LogP contribution is 2.50. The Bertz CT molecular complexity index is 744. The zero-order valence-corrected chi connectivity index (χ0v) is 14.1. The summed E-state index contributed by atoms with van der Waals surface area (Å²) in [5.74, 6) is -1.32. The molecule has 0 radical (unpaired) electrons. The minimum atomic E-state index is -4.40. The van der Waals surface area contributed by atoms with E-state index < -0.39 is 19.2 Å². The quantitative estimate of drug-likeness (QED) is 0.720. The van der Waals surface area contributed by atoms with Crippen LogP contribution in [-0.2, 0) is 11.0 Å². The van der Waals surface area contributed by atoms with Gasteiger partial charge in [-0.25, -0.2) is 4.39 Å². The molecule has 4 nitrogen and oxygen atoms in total. The van der Waals surface area contributed by atoms with Gasteiger partial charge in [-0.2, -0.15) is 0 Å². The number of rotatable bonds is 5. The average molecular weight is 349 g/mol. The molecular weight excluding hydrogens is 328 g/mol. The van der Waals surface area contributed by atoms with Gasteiger partial charge in [0, 0.05) is 6.54 Å². The van der Waals surface area contributed by atoms with E-state index in [-0.39, 0.29) is 5.92 Å². The van der Waals surface area contributed by atoms with Gasteiger partial charge in [-0.1, -0.05) is 36.4 Å². The van der Waals surface area contributed by atoms with Crippen molar-refractivity contribution in [3.63, 3.8) is 0 Å². The summed E-state index contributed by atoms with van der Waals surface area (Å²) in [6.45, 7) is 0.476. The first kappa shape index (κ1) is 17.3. The molecule has 0 heterocycles. The molecule has 0 aliphatic heterocycles. The Labute approximate surface area is 140 Å². The highest BCUT2D eigenvalue weighted by molar-refractivity contribution is 7.52. The zero-order valence-electron chi connectivity index (χ0n) is 13.2. The summed E-state index contributed by atoms with van der Waals surface area (Å²) < 4.78 is 24.9. The summed E-state index contributed by atoms with van der Waals surface area (Å²) in [7, 11) is -4.40. The number of fused-ring (bicyclic) bond motifs is 1. The van der Waals surface area contributed by atoms with E-state index in [1.165, 1.54) is 35.4 Å². The topological polar surface area (TPSA) is 69.6 Å². The van der Waals surface area contributed by atoms with Crippen molar-refractivity contribution in [3.8, 4) is 0 Å². The predicted molar refractivity (Wildman–Crippen MR) is 91.3 cm³/mol. The summed E-state index contributed by atoms with van der Waals surface area (Å²) in [5, 5.41) is 3.02. The lowest BCUT2D eigenvalue weighted by Crippen LogP contribution is -2.28. The van der Waals surface area contributed by atoms with E-state index in [1.807, 2.05) is 12.1 Å². The summed E-state index contributed by atoms with van der Waals surface area (Å²) >= 11 is 0. The molecule has 3 rings (SSSR count). The van der Waals surface area contributed by atoms with Gasteiger partial charge in [-0.05, 0) is 54.0 Å². The van der Waals surface area contributed by atoms with E-state index in [0.29, 0.717) is 12.1 Å². The third-order valence-electron chi connectivity index (χ3n) is 4.57. The Hall–Kier alpha value is -1.52. The molecule has 0 saturated heterocycles. The normalized spacial score (nSPS) is 18.9. The molecule has 0 aromatic heterocycles. The third-order valence-corrected chi connectivity index (χ3v) is 5.73. The molecule has 1 aliphatic rings. The first-order chi connectivity index (χ1) is 11.4. The van der Waals surface area contributed by atoms with Crippen molar-refractivity contribution in [3.05, 3.63) is 71.0 Å². The van der Waals surface area contributed by atoms with Gasteiger partial charge < -0.3 is 9.79 Å². The fourth-order valence-corrected chi connectivity index (χ4v) is 4.30. The first-order valence-electron chi connectivity index (χ1n) is 8.07. The van der Waals surface area contributed by atoms with Gasteiger partial charge in [0.2, 0.25) is 0 Å². The maximum absolute atomic E-state index is 13.1. The maximum atomic E-state index is 13.1. The zero-order chi connectivity index (χ0) is 17.2. The predicted octanol–water partition coefficient (Wildman–Crippen LogP) is 3.71. The van der Waals surface area contributed by atoms with Crippen LogP contribution in [0.1, 0.15) is 41.2 Å². The lowest BCUT2D eigenvalue weighted by atomic mass is 9.83. The van der Waals surface area contributed by atoms with Crippen molar-refractivity contribution >= 4 is 7.60 Å². The number of nitrogens with one attached hydrogen (secondary N) is 1. The lowest BCUT2D eigenvalue weighted by molar-refractivity contribution is 0.344. The van der Waals surface area contributed by atoms with Crippen LogP contribution < -0.4 is 5.32 Å². The second-order valence-corrected chi connectivity index (χ2v) is 7.93. The van der Waals surface area contributed by atoms with E-state index in [9.17, 15) is 18.7 Å². The molecule has 6 heteroatoms. The monoisotopic (exact) mass is 349 g/mol. The third kappa shape index (κ3) is 3.93. The smallest absolute Gasteiger partial charge is 0.323 e. The average Bonchev–Trinajstić information content (AvgIpc) is 2.55. The van der Waals surface area contributed by atoms with Crippen LogP contribution in [0.4, 0.5) is 4.39 Å². The van der Waals surface area contributed by atoms with Crippen LogP contribution >= 0.6 is 7.60 Å². The Morgan fingerprint density at radius 3 is 2.58 bits per heavy atom. The standard InChI is InChI=1S/C18H21FNO3P/c19-16-10-8-14(9-11-16)18(24(21,22)23)20-12-15-6-3-5-13-4-1-2-7-17(13)15/h1-2,4,7-11,15,18,20H,3,5-6,12H2,(H2,21,22,23)/t15-,18+/m1/s1. The Morgan fingerprint density at radius 1 is 1.17 bits per heavy atom. The van der Waals surface area contributed by atoms with Crippen LogP contribution in [0.3, 0.4) is 0 Å². The van der Waals surface area contributed by atoms with Gasteiger partial charge in [0.25, 0.3) is 0 Å². The second-order valence-electron chi connectivity index (χ2n) is 6.24. The number of benzene rings is 2. The molecule has 24 heavy (non-hydrogen) atoms. The fraction of sp³-hybridized carbons (Fsp3) is 0.333. The molecule has 128 valence electrons. The van der Waals surface area contributed by atoms with Crippen LogP contribution in [0.15, 0.2) is 48.5 Å². The maximum Gasteiger partial charge on any atom is 0.346 e. The number of halogens is 1. The Balaban J connectivity index is 1.78. The molecule has 1 aliphatic carbocycles. The molecule has 0 unspecified atom stereocenters. The SMILES string of the molecule is O=P(O)(O)[C@H](NC[C@H]1CCCc2ccccc21)c1ccc(F)cc1. The highest BCUT2D eigenvalue weighted by Gasteiger charge is 2.31. The van der Waals surface area contributed by atoms with Gasteiger partial charge in [0.15, 0.2) is 0 Å². The summed E-state index contributed by atoms with van der Waals surface area (Å²) in [6.07, 6.45) is 3.11. The Kier molecular flexibility index (Phi) is 5.16. The van der Waals surface area contributed by atoms with Crippen LogP contribution in [0.25, 0.3) is 0 Å². The van der Waals surface area contributed by atoms with Crippen molar-refractivity contribution in [2.75, 3.05) is 6.54 Å². The highest BCUT2D eigenvalue weighted by atomic mass is 31.2. The fourth-order valence-electron chi connectivity index (χ4n) is 3.40. The molecule has 0 bridgehead atoms. The van der Waals surface area contributed by atoms with Crippen molar-refractivity contribution in [2.45, 2.75) is 31.0 Å². The molecule has 0 spiro atoms. The van der Waals surface area contributed by atoms with Crippen LogP contribution in [0, 0.1) is 5.82 Å². The Morgan fingerprint density at radius 2 is 1.88 bits per heavy atom. The molecule has 2 aromatic carbocycles. The van der Waals surface area contributed by atoms with Crippen LogP contribution in [0.5, 0.6) is 0 Å². The van der Waals surface area contributed by atoms with E-state index in [1.54, 1.807) is 0 Å². The lowest BCUT2D eigenvalue weighted by Gasteiger charge is -2.28. The van der Waals surface area contributed by atoms with Gasteiger partial charge in [-0.3, -0.25) is 9.88 Å².